The van der Waals surface area contributed by atoms with Crippen molar-refractivity contribution in [3.05, 3.63) is 23.9 Å². The van der Waals surface area contributed by atoms with Crippen molar-refractivity contribution in [3.63, 3.8) is 0 Å². The molecule has 0 saturated carbocycles. The molecule has 1 unspecified atom stereocenters. The second-order valence-corrected chi connectivity index (χ2v) is 5.59. The summed E-state index contributed by atoms with van der Waals surface area (Å²) < 4.78 is 0. The molecule has 1 amide bonds. The minimum Gasteiger partial charge on any atom is -0.357 e. The first-order chi connectivity index (χ1) is 10.2. The summed E-state index contributed by atoms with van der Waals surface area (Å²) in [4.78, 5) is 21.1. The van der Waals surface area contributed by atoms with Gasteiger partial charge in [0.05, 0.1) is 5.56 Å². The Bertz CT molecular complexity index is 460. The minimum atomic E-state index is 0.0842. The number of amides is 1. The summed E-state index contributed by atoms with van der Waals surface area (Å²) in [7, 11) is 0. The van der Waals surface area contributed by atoms with Crippen LogP contribution in [0.25, 0.3) is 0 Å². The molecule has 1 aliphatic rings. The molecule has 0 bridgehead atoms. The van der Waals surface area contributed by atoms with Crippen LogP contribution in [0.2, 0.25) is 0 Å². The lowest BCUT2D eigenvalue weighted by atomic mass is 10.2. The van der Waals surface area contributed by atoms with Gasteiger partial charge in [-0.2, -0.15) is 0 Å². The molecule has 0 aromatic carbocycles. The number of nitrogens with zero attached hydrogens (tertiary/aromatic N) is 3. The Hall–Kier alpha value is -1.62. The van der Waals surface area contributed by atoms with E-state index in [-0.39, 0.29) is 5.91 Å². The van der Waals surface area contributed by atoms with Crippen LogP contribution in [0.3, 0.4) is 0 Å². The number of carbonyl (C=O) groups is 1. The van der Waals surface area contributed by atoms with Crippen LogP contribution in [0, 0.1) is 0 Å². The van der Waals surface area contributed by atoms with Gasteiger partial charge in [-0.15, -0.1) is 0 Å². The lowest BCUT2D eigenvalue weighted by Gasteiger charge is -2.32. The van der Waals surface area contributed by atoms with Gasteiger partial charge in [-0.1, -0.05) is 6.92 Å². The topological polar surface area (TPSA) is 48.5 Å². The highest BCUT2D eigenvalue weighted by molar-refractivity contribution is 5.94. The summed E-state index contributed by atoms with van der Waals surface area (Å²) in [5.41, 5.74) is 0.681. The van der Waals surface area contributed by atoms with Gasteiger partial charge in [0, 0.05) is 45.0 Å². The highest BCUT2D eigenvalue weighted by Crippen LogP contribution is 2.13. The van der Waals surface area contributed by atoms with Crippen molar-refractivity contribution in [2.75, 3.05) is 37.6 Å². The van der Waals surface area contributed by atoms with E-state index in [1.165, 1.54) is 0 Å². The molecule has 1 aromatic heterocycles. The summed E-state index contributed by atoms with van der Waals surface area (Å²) in [6.45, 7) is 10.7. The highest BCUT2D eigenvalue weighted by atomic mass is 16.2. The zero-order chi connectivity index (χ0) is 15.2. The molecule has 0 radical (unpaired) electrons. The number of aromatic nitrogens is 1. The van der Waals surface area contributed by atoms with Crippen molar-refractivity contribution < 1.29 is 4.79 Å². The standard InChI is InChI=1S/C16H26N4O/c1-4-9-19(5-2)15-7-6-14(11-18-15)16(21)20-10-8-17-13(3)12-20/h6-7,11,13,17H,4-5,8-10,12H2,1-3H3. The lowest BCUT2D eigenvalue weighted by Crippen LogP contribution is -2.51. The van der Waals surface area contributed by atoms with Crippen LogP contribution in [0.5, 0.6) is 0 Å². The van der Waals surface area contributed by atoms with Crippen molar-refractivity contribution in [1.29, 1.82) is 0 Å². The van der Waals surface area contributed by atoms with E-state index in [0.29, 0.717) is 11.6 Å². The molecule has 21 heavy (non-hydrogen) atoms. The van der Waals surface area contributed by atoms with Gasteiger partial charge < -0.3 is 15.1 Å². The molecular weight excluding hydrogens is 264 g/mol. The number of piperazine rings is 1. The van der Waals surface area contributed by atoms with Crippen LogP contribution < -0.4 is 10.2 Å². The second-order valence-electron chi connectivity index (χ2n) is 5.59. The minimum absolute atomic E-state index is 0.0842. The molecular formula is C16H26N4O. The first kappa shape index (κ1) is 15.8. The zero-order valence-electron chi connectivity index (χ0n) is 13.3. The normalized spacial score (nSPS) is 18.6. The first-order valence-corrected chi connectivity index (χ1v) is 7.89. The predicted molar refractivity (Wildman–Crippen MR) is 85.8 cm³/mol. The maximum absolute atomic E-state index is 12.5. The van der Waals surface area contributed by atoms with E-state index in [2.05, 4.69) is 36.0 Å². The maximum atomic E-state index is 12.5. The number of anilines is 1. The highest BCUT2D eigenvalue weighted by Gasteiger charge is 2.21. The molecule has 0 spiro atoms. The van der Waals surface area contributed by atoms with Gasteiger partial charge >= 0.3 is 0 Å². The monoisotopic (exact) mass is 290 g/mol. The molecule has 2 rings (SSSR count). The second kappa shape index (κ2) is 7.41. The lowest BCUT2D eigenvalue weighted by molar-refractivity contribution is 0.0708. The molecule has 1 aromatic rings. The van der Waals surface area contributed by atoms with Crippen molar-refractivity contribution >= 4 is 11.7 Å². The fraction of sp³-hybridized carbons (Fsp3) is 0.625. The number of pyridine rings is 1. The van der Waals surface area contributed by atoms with E-state index in [1.807, 2.05) is 17.0 Å². The van der Waals surface area contributed by atoms with Gasteiger partial charge in [0.25, 0.3) is 5.91 Å². The van der Waals surface area contributed by atoms with E-state index in [1.54, 1.807) is 6.20 Å². The summed E-state index contributed by atoms with van der Waals surface area (Å²) >= 11 is 0. The van der Waals surface area contributed by atoms with E-state index in [4.69, 9.17) is 0 Å². The molecule has 1 fully saturated rings. The molecule has 2 heterocycles. The smallest absolute Gasteiger partial charge is 0.255 e. The first-order valence-electron chi connectivity index (χ1n) is 7.89. The van der Waals surface area contributed by atoms with Crippen molar-refractivity contribution in [2.24, 2.45) is 0 Å². The Kier molecular flexibility index (Phi) is 5.56. The van der Waals surface area contributed by atoms with Crippen molar-refractivity contribution in [2.45, 2.75) is 33.2 Å². The molecule has 1 aliphatic heterocycles. The third-order valence-electron chi connectivity index (χ3n) is 3.85. The van der Waals surface area contributed by atoms with Crippen molar-refractivity contribution in [3.8, 4) is 0 Å². The molecule has 1 saturated heterocycles. The molecule has 1 N–H and O–H groups in total. The average Bonchev–Trinajstić information content (AvgIpc) is 2.52. The van der Waals surface area contributed by atoms with Gasteiger partial charge in [-0.25, -0.2) is 4.98 Å². The quantitative estimate of drug-likeness (QED) is 0.897. The molecule has 1 atom stereocenters. The van der Waals surface area contributed by atoms with Gasteiger partial charge in [-0.05, 0) is 32.4 Å². The van der Waals surface area contributed by atoms with Crippen LogP contribution in [0.1, 0.15) is 37.6 Å². The van der Waals surface area contributed by atoms with E-state index in [9.17, 15) is 4.79 Å². The average molecular weight is 290 g/mol. The van der Waals surface area contributed by atoms with Crippen molar-refractivity contribution in [1.82, 2.24) is 15.2 Å². The number of nitrogens with one attached hydrogen (secondary N) is 1. The Balaban J connectivity index is 2.05. The van der Waals surface area contributed by atoms with Gasteiger partial charge in [0.2, 0.25) is 0 Å². The van der Waals surface area contributed by atoms with Gasteiger partial charge in [0.1, 0.15) is 5.82 Å². The van der Waals surface area contributed by atoms with Gasteiger partial charge in [0.15, 0.2) is 0 Å². The molecule has 5 heteroatoms. The Morgan fingerprint density at radius 3 is 2.86 bits per heavy atom. The predicted octanol–water partition coefficient (Wildman–Crippen LogP) is 1.75. The number of rotatable bonds is 5. The zero-order valence-corrected chi connectivity index (χ0v) is 13.3. The Morgan fingerprint density at radius 2 is 2.29 bits per heavy atom. The summed E-state index contributed by atoms with van der Waals surface area (Å²) in [5.74, 6) is 1.03. The fourth-order valence-electron chi connectivity index (χ4n) is 2.70. The van der Waals surface area contributed by atoms with Crippen LogP contribution in [0.15, 0.2) is 18.3 Å². The SMILES string of the molecule is CCCN(CC)c1ccc(C(=O)N2CCNC(C)C2)cn1. The third-order valence-corrected chi connectivity index (χ3v) is 3.85. The van der Waals surface area contributed by atoms with Crippen LogP contribution >= 0.6 is 0 Å². The molecule has 0 aliphatic carbocycles. The number of carbonyl (C=O) groups excluding carboxylic acids is 1. The van der Waals surface area contributed by atoms with Crippen LogP contribution in [0.4, 0.5) is 5.82 Å². The number of hydrogen-bond acceptors (Lipinski definition) is 4. The van der Waals surface area contributed by atoms with E-state index < -0.39 is 0 Å². The van der Waals surface area contributed by atoms with E-state index >= 15 is 0 Å². The Labute approximate surface area is 127 Å². The molecule has 116 valence electrons. The third kappa shape index (κ3) is 3.94. The Morgan fingerprint density at radius 1 is 1.48 bits per heavy atom. The largest absolute Gasteiger partial charge is 0.357 e. The summed E-state index contributed by atoms with van der Waals surface area (Å²) in [6, 6.07) is 4.21. The van der Waals surface area contributed by atoms with Crippen LogP contribution in [-0.2, 0) is 0 Å². The summed E-state index contributed by atoms with van der Waals surface area (Å²) in [6.07, 6.45) is 2.80. The summed E-state index contributed by atoms with van der Waals surface area (Å²) in [5, 5.41) is 3.35. The maximum Gasteiger partial charge on any atom is 0.255 e. The van der Waals surface area contributed by atoms with Gasteiger partial charge in [-0.3, -0.25) is 4.79 Å². The molecule has 5 nitrogen and oxygen atoms in total. The van der Waals surface area contributed by atoms with Crippen LogP contribution in [-0.4, -0.2) is 54.6 Å². The number of hydrogen-bond donors (Lipinski definition) is 1. The fourth-order valence-corrected chi connectivity index (χ4v) is 2.70. The van der Waals surface area contributed by atoms with E-state index in [0.717, 1.165) is 45.0 Å².